The summed E-state index contributed by atoms with van der Waals surface area (Å²) in [5, 5.41) is 8.02. The van der Waals surface area contributed by atoms with Crippen molar-refractivity contribution in [2.45, 2.75) is 38.6 Å². The molecule has 2 saturated carbocycles. The zero-order valence-corrected chi connectivity index (χ0v) is 10.9. The second-order valence-corrected chi connectivity index (χ2v) is 5.75. The molecule has 2 aliphatic rings. The van der Waals surface area contributed by atoms with Gasteiger partial charge in [-0.25, -0.2) is 0 Å². The summed E-state index contributed by atoms with van der Waals surface area (Å²) >= 11 is 0. The zero-order chi connectivity index (χ0) is 11.8. The minimum absolute atomic E-state index is 0.516. The first-order valence-electron chi connectivity index (χ1n) is 7.01. The second-order valence-electron chi connectivity index (χ2n) is 5.75. The van der Waals surface area contributed by atoms with Crippen LogP contribution in [0.15, 0.2) is 12.3 Å². The van der Waals surface area contributed by atoms with E-state index in [-0.39, 0.29) is 0 Å². The Morgan fingerprint density at radius 1 is 1.47 bits per heavy atom. The Labute approximate surface area is 104 Å². The highest BCUT2D eigenvalue weighted by Crippen LogP contribution is 2.52. The maximum absolute atomic E-state index is 4.33. The van der Waals surface area contributed by atoms with Gasteiger partial charge < -0.3 is 5.32 Å². The van der Waals surface area contributed by atoms with Crippen molar-refractivity contribution in [1.29, 1.82) is 0 Å². The van der Waals surface area contributed by atoms with Crippen LogP contribution in [0.25, 0.3) is 0 Å². The first kappa shape index (κ1) is 11.3. The second kappa shape index (κ2) is 4.45. The number of hydrogen-bond acceptors (Lipinski definition) is 2. The first-order chi connectivity index (χ1) is 8.29. The lowest BCUT2D eigenvalue weighted by Crippen LogP contribution is -2.32. The molecule has 2 bridgehead atoms. The van der Waals surface area contributed by atoms with Crippen LogP contribution in [0.5, 0.6) is 0 Å². The number of aryl methyl sites for hydroxylation is 1. The third kappa shape index (κ3) is 1.90. The monoisotopic (exact) mass is 233 g/mol. The van der Waals surface area contributed by atoms with Crippen molar-refractivity contribution in [2.24, 2.45) is 24.8 Å². The minimum Gasteiger partial charge on any atom is -0.309 e. The van der Waals surface area contributed by atoms with Gasteiger partial charge in [-0.3, -0.25) is 4.68 Å². The van der Waals surface area contributed by atoms with E-state index in [2.05, 4.69) is 30.5 Å². The molecular weight excluding hydrogens is 210 g/mol. The van der Waals surface area contributed by atoms with Crippen LogP contribution < -0.4 is 5.32 Å². The van der Waals surface area contributed by atoms with Crippen LogP contribution in [0.4, 0.5) is 0 Å². The lowest BCUT2D eigenvalue weighted by atomic mass is 9.82. The maximum atomic E-state index is 4.33. The predicted molar refractivity (Wildman–Crippen MR) is 68.6 cm³/mol. The summed E-state index contributed by atoms with van der Waals surface area (Å²) in [7, 11) is 2.06. The number of aromatic nitrogens is 2. The van der Waals surface area contributed by atoms with Gasteiger partial charge in [0.25, 0.3) is 0 Å². The van der Waals surface area contributed by atoms with Gasteiger partial charge in [0.1, 0.15) is 0 Å². The average Bonchev–Trinajstić information content (AvgIpc) is 3.01. The molecule has 94 valence electrons. The minimum atomic E-state index is 0.516. The summed E-state index contributed by atoms with van der Waals surface area (Å²) in [6.45, 7) is 3.25. The third-order valence-corrected chi connectivity index (χ3v) is 4.82. The van der Waals surface area contributed by atoms with Gasteiger partial charge in [-0.2, -0.15) is 5.10 Å². The quantitative estimate of drug-likeness (QED) is 0.866. The van der Waals surface area contributed by atoms with Crippen LogP contribution in [-0.2, 0) is 7.05 Å². The molecule has 17 heavy (non-hydrogen) atoms. The summed E-state index contributed by atoms with van der Waals surface area (Å²) in [4.78, 5) is 0. The van der Waals surface area contributed by atoms with Crippen molar-refractivity contribution < 1.29 is 0 Å². The predicted octanol–water partition coefficient (Wildman–Crippen LogP) is 2.51. The molecule has 0 aliphatic heterocycles. The molecule has 3 nitrogen and oxygen atoms in total. The van der Waals surface area contributed by atoms with E-state index in [0.717, 1.165) is 24.3 Å². The van der Waals surface area contributed by atoms with Gasteiger partial charge in [0.05, 0.1) is 11.7 Å². The Morgan fingerprint density at radius 3 is 2.88 bits per heavy atom. The third-order valence-electron chi connectivity index (χ3n) is 4.82. The Balaban J connectivity index is 1.83. The Morgan fingerprint density at radius 2 is 2.35 bits per heavy atom. The average molecular weight is 233 g/mol. The number of rotatable bonds is 4. The van der Waals surface area contributed by atoms with E-state index >= 15 is 0 Å². The van der Waals surface area contributed by atoms with Crippen LogP contribution in [0.2, 0.25) is 0 Å². The molecule has 0 aromatic carbocycles. The van der Waals surface area contributed by atoms with Gasteiger partial charge in [-0.15, -0.1) is 0 Å². The summed E-state index contributed by atoms with van der Waals surface area (Å²) < 4.78 is 2.04. The summed E-state index contributed by atoms with van der Waals surface area (Å²) in [6, 6.07) is 2.70. The fourth-order valence-electron chi connectivity index (χ4n) is 4.09. The van der Waals surface area contributed by atoms with Crippen molar-refractivity contribution in [3.8, 4) is 0 Å². The van der Waals surface area contributed by atoms with E-state index in [0.29, 0.717) is 6.04 Å². The van der Waals surface area contributed by atoms with E-state index in [4.69, 9.17) is 0 Å². The van der Waals surface area contributed by atoms with E-state index in [1.807, 2.05) is 10.9 Å². The summed E-state index contributed by atoms with van der Waals surface area (Å²) in [5.41, 5.74) is 1.37. The molecule has 2 aliphatic carbocycles. The maximum Gasteiger partial charge on any atom is 0.0553 e. The highest BCUT2D eigenvalue weighted by molar-refractivity contribution is 5.11. The van der Waals surface area contributed by atoms with Crippen molar-refractivity contribution in [2.75, 3.05) is 6.54 Å². The van der Waals surface area contributed by atoms with Gasteiger partial charge in [0.15, 0.2) is 0 Å². The van der Waals surface area contributed by atoms with Crippen molar-refractivity contribution >= 4 is 0 Å². The molecule has 4 atom stereocenters. The van der Waals surface area contributed by atoms with Gasteiger partial charge >= 0.3 is 0 Å². The Kier molecular flexibility index (Phi) is 2.95. The van der Waals surface area contributed by atoms with Crippen LogP contribution >= 0.6 is 0 Å². The Hall–Kier alpha value is -0.830. The largest absolute Gasteiger partial charge is 0.309 e. The van der Waals surface area contributed by atoms with Crippen molar-refractivity contribution in [3.63, 3.8) is 0 Å². The number of fused-ring (bicyclic) bond motifs is 2. The molecule has 3 rings (SSSR count). The first-order valence-corrected chi connectivity index (χ1v) is 7.01. The van der Waals surface area contributed by atoms with Gasteiger partial charge in [0, 0.05) is 13.2 Å². The number of hydrogen-bond donors (Lipinski definition) is 1. The molecule has 1 heterocycles. The van der Waals surface area contributed by atoms with Crippen LogP contribution in [0.3, 0.4) is 0 Å². The molecule has 0 saturated heterocycles. The molecule has 0 radical (unpaired) electrons. The molecule has 0 amide bonds. The normalized spacial score (nSPS) is 33.2. The van der Waals surface area contributed by atoms with E-state index in [1.54, 1.807) is 0 Å². The fourth-order valence-corrected chi connectivity index (χ4v) is 4.09. The molecule has 1 N–H and O–H groups in total. The number of nitrogens with zero attached hydrogens (tertiary/aromatic N) is 2. The van der Waals surface area contributed by atoms with E-state index in [1.165, 1.54) is 31.4 Å². The lowest BCUT2D eigenvalue weighted by Gasteiger charge is -2.31. The van der Waals surface area contributed by atoms with Gasteiger partial charge in [0.2, 0.25) is 0 Å². The highest BCUT2D eigenvalue weighted by atomic mass is 15.3. The molecule has 2 fully saturated rings. The Bertz CT molecular complexity index is 385. The number of nitrogens with one attached hydrogen (secondary N) is 1. The van der Waals surface area contributed by atoms with Gasteiger partial charge in [-0.05, 0) is 49.6 Å². The molecular formula is C14H23N3. The molecule has 1 aromatic rings. The smallest absolute Gasteiger partial charge is 0.0553 e. The highest BCUT2D eigenvalue weighted by Gasteiger charge is 2.43. The summed E-state index contributed by atoms with van der Waals surface area (Å²) in [6.07, 6.45) is 7.76. The molecule has 3 heteroatoms. The summed E-state index contributed by atoms with van der Waals surface area (Å²) in [5.74, 6) is 2.81. The molecule has 1 aromatic heterocycles. The van der Waals surface area contributed by atoms with Crippen molar-refractivity contribution in [3.05, 3.63) is 18.0 Å². The zero-order valence-electron chi connectivity index (χ0n) is 10.9. The van der Waals surface area contributed by atoms with E-state index in [9.17, 15) is 0 Å². The van der Waals surface area contributed by atoms with Crippen LogP contribution in [0.1, 0.15) is 44.3 Å². The topological polar surface area (TPSA) is 29.9 Å². The molecule has 4 unspecified atom stereocenters. The van der Waals surface area contributed by atoms with Crippen LogP contribution in [0, 0.1) is 17.8 Å². The van der Waals surface area contributed by atoms with Gasteiger partial charge in [-0.1, -0.05) is 13.3 Å². The van der Waals surface area contributed by atoms with Crippen molar-refractivity contribution in [1.82, 2.24) is 15.1 Å². The van der Waals surface area contributed by atoms with E-state index < -0.39 is 0 Å². The standard InChI is InChI=1S/C14H23N3/c1-3-15-14(13-6-7-16-17(13)2)12-9-10-4-5-11(12)8-10/h6-7,10-12,14-15H,3-5,8-9H2,1-2H3. The SMILES string of the molecule is CCNC(c1ccnn1C)C1CC2CCC1C2. The fraction of sp³-hybridized carbons (Fsp3) is 0.786. The van der Waals surface area contributed by atoms with Crippen LogP contribution in [-0.4, -0.2) is 16.3 Å². The molecule has 0 spiro atoms. The lowest BCUT2D eigenvalue weighted by molar-refractivity contribution is 0.245.